The van der Waals surface area contributed by atoms with E-state index in [1.54, 1.807) is 0 Å². The number of halogens is 4. The van der Waals surface area contributed by atoms with Gasteiger partial charge in [0.05, 0.1) is 21.2 Å². The average Bonchev–Trinajstić information content (AvgIpc) is 2.61. The first-order valence-electron chi connectivity index (χ1n) is 7.86. The van der Waals surface area contributed by atoms with Crippen LogP contribution in [-0.2, 0) is 0 Å². The van der Waals surface area contributed by atoms with Gasteiger partial charge in [-0.05, 0) is 24.3 Å². The van der Waals surface area contributed by atoms with E-state index in [2.05, 4.69) is 0 Å². The lowest BCUT2D eigenvalue weighted by Crippen LogP contribution is -2.51. The topological polar surface area (TPSA) is 40.6 Å². The van der Waals surface area contributed by atoms with Crippen LogP contribution in [0.15, 0.2) is 36.4 Å². The lowest BCUT2D eigenvalue weighted by Gasteiger charge is -2.35. The van der Waals surface area contributed by atoms with Crippen molar-refractivity contribution in [1.29, 1.82) is 0 Å². The SMILES string of the molecule is O=C(c1c(F)cccc1Cl)N1CCN(C(=O)c2c(F)cccc2Cl)CC1. The van der Waals surface area contributed by atoms with Crippen LogP contribution in [0.3, 0.4) is 0 Å². The molecule has 0 aliphatic carbocycles. The summed E-state index contributed by atoms with van der Waals surface area (Å²) in [6.45, 7) is 0.727. The van der Waals surface area contributed by atoms with Gasteiger partial charge in [0, 0.05) is 26.2 Å². The highest BCUT2D eigenvalue weighted by Crippen LogP contribution is 2.24. The summed E-state index contributed by atoms with van der Waals surface area (Å²) in [6.07, 6.45) is 0. The first-order chi connectivity index (χ1) is 12.4. The lowest BCUT2D eigenvalue weighted by atomic mass is 10.1. The molecule has 0 bridgehead atoms. The van der Waals surface area contributed by atoms with Crippen molar-refractivity contribution in [2.75, 3.05) is 26.2 Å². The van der Waals surface area contributed by atoms with Gasteiger partial charge >= 0.3 is 0 Å². The van der Waals surface area contributed by atoms with Crippen molar-refractivity contribution < 1.29 is 18.4 Å². The first-order valence-corrected chi connectivity index (χ1v) is 8.62. The van der Waals surface area contributed by atoms with Gasteiger partial charge in [-0.15, -0.1) is 0 Å². The van der Waals surface area contributed by atoms with Gasteiger partial charge in [0.15, 0.2) is 0 Å². The number of benzene rings is 2. The number of rotatable bonds is 2. The highest BCUT2D eigenvalue weighted by Gasteiger charge is 2.29. The van der Waals surface area contributed by atoms with E-state index in [4.69, 9.17) is 23.2 Å². The largest absolute Gasteiger partial charge is 0.335 e. The van der Waals surface area contributed by atoms with E-state index in [1.807, 2.05) is 0 Å². The van der Waals surface area contributed by atoms with Crippen LogP contribution in [0.5, 0.6) is 0 Å². The molecule has 2 amide bonds. The normalized spacial score (nSPS) is 14.5. The van der Waals surface area contributed by atoms with E-state index >= 15 is 0 Å². The maximum atomic E-state index is 13.9. The fourth-order valence-electron chi connectivity index (χ4n) is 2.83. The molecule has 0 spiro atoms. The minimum atomic E-state index is -0.695. The van der Waals surface area contributed by atoms with Gasteiger partial charge in [-0.3, -0.25) is 9.59 Å². The molecular formula is C18H14Cl2F2N2O2. The standard InChI is InChI=1S/C18H14Cl2F2N2O2/c19-11-3-1-5-13(21)15(11)17(25)23-7-9-24(10-8-23)18(26)16-12(20)4-2-6-14(16)22/h1-6H,7-10H2. The number of nitrogens with zero attached hydrogens (tertiary/aromatic N) is 2. The van der Waals surface area contributed by atoms with Crippen molar-refractivity contribution in [3.8, 4) is 0 Å². The van der Waals surface area contributed by atoms with Crippen LogP contribution in [0.4, 0.5) is 8.78 Å². The van der Waals surface area contributed by atoms with Gasteiger partial charge in [-0.25, -0.2) is 8.78 Å². The van der Waals surface area contributed by atoms with Gasteiger partial charge < -0.3 is 9.80 Å². The van der Waals surface area contributed by atoms with Crippen molar-refractivity contribution in [3.63, 3.8) is 0 Å². The van der Waals surface area contributed by atoms with Crippen LogP contribution < -0.4 is 0 Å². The molecule has 8 heteroatoms. The zero-order valence-corrected chi connectivity index (χ0v) is 15.0. The zero-order valence-electron chi connectivity index (χ0n) is 13.5. The number of amides is 2. The van der Waals surface area contributed by atoms with E-state index in [9.17, 15) is 18.4 Å². The Morgan fingerprint density at radius 1 is 0.731 bits per heavy atom. The highest BCUT2D eigenvalue weighted by atomic mass is 35.5. The Morgan fingerprint density at radius 3 is 1.38 bits per heavy atom. The first kappa shape index (κ1) is 18.6. The van der Waals surface area contributed by atoms with Crippen LogP contribution in [0.1, 0.15) is 20.7 Å². The van der Waals surface area contributed by atoms with Gasteiger partial charge in [-0.1, -0.05) is 35.3 Å². The summed E-state index contributed by atoms with van der Waals surface area (Å²) in [5.74, 6) is -2.47. The summed E-state index contributed by atoms with van der Waals surface area (Å²) < 4.78 is 27.8. The zero-order chi connectivity index (χ0) is 18.8. The highest BCUT2D eigenvalue weighted by molar-refractivity contribution is 6.34. The summed E-state index contributed by atoms with van der Waals surface area (Å²) in [4.78, 5) is 27.9. The molecule has 4 nitrogen and oxygen atoms in total. The molecule has 2 aromatic carbocycles. The predicted molar refractivity (Wildman–Crippen MR) is 94.6 cm³/mol. The molecule has 136 valence electrons. The van der Waals surface area contributed by atoms with Crippen LogP contribution in [0.25, 0.3) is 0 Å². The summed E-state index contributed by atoms with van der Waals surface area (Å²) in [5, 5.41) is 0.0679. The molecular weight excluding hydrogens is 385 g/mol. The molecule has 1 aliphatic heterocycles. The van der Waals surface area contributed by atoms with Crippen molar-refractivity contribution in [2.24, 2.45) is 0 Å². The Hall–Kier alpha value is -2.18. The van der Waals surface area contributed by atoms with Crippen LogP contribution in [0, 0.1) is 11.6 Å². The fourth-order valence-corrected chi connectivity index (χ4v) is 3.32. The smallest absolute Gasteiger partial charge is 0.258 e. The summed E-state index contributed by atoms with van der Waals surface area (Å²) >= 11 is 11.9. The van der Waals surface area contributed by atoms with Gasteiger partial charge in [0.2, 0.25) is 0 Å². The Morgan fingerprint density at radius 2 is 1.08 bits per heavy atom. The molecule has 1 aliphatic rings. The van der Waals surface area contributed by atoms with Crippen molar-refractivity contribution >= 4 is 35.0 Å². The van der Waals surface area contributed by atoms with Gasteiger partial charge in [-0.2, -0.15) is 0 Å². The minimum Gasteiger partial charge on any atom is -0.335 e. The molecule has 0 saturated carbocycles. The minimum absolute atomic E-state index is 0.0339. The molecule has 26 heavy (non-hydrogen) atoms. The lowest BCUT2D eigenvalue weighted by molar-refractivity contribution is 0.0530. The van der Waals surface area contributed by atoms with E-state index < -0.39 is 23.4 Å². The number of hydrogen-bond acceptors (Lipinski definition) is 2. The molecule has 0 aromatic heterocycles. The van der Waals surface area contributed by atoms with E-state index in [0.717, 1.165) is 0 Å². The monoisotopic (exact) mass is 398 g/mol. The van der Waals surface area contributed by atoms with Crippen molar-refractivity contribution in [1.82, 2.24) is 9.80 Å². The number of carbonyl (C=O) groups excluding carboxylic acids is 2. The summed E-state index contributed by atoms with van der Waals surface area (Å²) in [5.41, 5.74) is -0.378. The molecule has 1 saturated heterocycles. The number of hydrogen-bond donors (Lipinski definition) is 0. The van der Waals surface area contributed by atoms with E-state index in [0.29, 0.717) is 0 Å². The maximum absolute atomic E-state index is 13.9. The molecule has 1 heterocycles. The molecule has 3 rings (SSSR count). The molecule has 0 unspecified atom stereocenters. The predicted octanol–water partition coefficient (Wildman–Crippen LogP) is 3.87. The second-order valence-electron chi connectivity index (χ2n) is 5.78. The summed E-state index contributed by atoms with van der Waals surface area (Å²) in [6, 6.07) is 8.06. The molecule has 2 aromatic rings. The maximum Gasteiger partial charge on any atom is 0.258 e. The number of piperazine rings is 1. The Balaban J connectivity index is 1.71. The van der Waals surface area contributed by atoms with Gasteiger partial charge in [0.25, 0.3) is 11.8 Å². The second kappa shape index (κ2) is 7.60. The Kier molecular flexibility index (Phi) is 5.44. The molecule has 1 fully saturated rings. The number of carbonyl (C=O) groups is 2. The van der Waals surface area contributed by atoms with Crippen LogP contribution in [0.2, 0.25) is 10.0 Å². The Bertz CT molecular complexity index is 756. The summed E-state index contributed by atoms with van der Waals surface area (Å²) in [7, 11) is 0. The third-order valence-electron chi connectivity index (χ3n) is 4.21. The second-order valence-corrected chi connectivity index (χ2v) is 6.59. The average molecular weight is 399 g/mol. The van der Waals surface area contributed by atoms with Crippen LogP contribution >= 0.6 is 23.2 Å². The van der Waals surface area contributed by atoms with E-state index in [1.165, 1.54) is 46.2 Å². The Labute approximate surface area is 158 Å². The fraction of sp³-hybridized carbons (Fsp3) is 0.222. The molecule has 0 radical (unpaired) electrons. The molecule has 0 N–H and O–H groups in total. The van der Waals surface area contributed by atoms with Crippen molar-refractivity contribution in [2.45, 2.75) is 0 Å². The molecule has 0 atom stereocenters. The van der Waals surface area contributed by atoms with Gasteiger partial charge in [0.1, 0.15) is 11.6 Å². The third kappa shape index (κ3) is 3.52. The van der Waals surface area contributed by atoms with E-state index in [-0.39, 0.29) is 47.4 Å². The van der Waals surface area contributed by atoms with Crippen LogP contribution in [-0.4, -0.2) is 47.8 Å². The quantitative estimate of drug-likeness (QED) is 0.770. The van der Waals surface area contributed by atoms with Crippen molar-refractivity contribution in [3.05, 3.63) is 69.2 Å². The third-order valence-corrected chi connectivity index (χ3v) is 4.84.